The van der Waals surface area contributed by atoms with E-state index in [1.807, 2.05) is 25.1 Å². The first kappa shape index (κ1) is 19.1. The number of carbonyl (C=O) groups excluding carboxylic acids is 1. The molecule has 0 unspecified atom stereocenters. The molecule has 0 bridgehead atoms. The summed E-state index contributed by atoms with van der Waals surface area (Å²) in [5.41, 5.74) is 2.86. The number of rotatable bonds is 8. The van der Waals surface area contributed by atoms with Crippen molar-refractivity contribution in [3.63, 3.8) is 0 Å². The lowest BCUT2D eigenvalue weighted by Gasteiger charge is -2.12. The van der Waals surface area contributed by atoms with Gasteiger partial charge >= 0.3 is 0 Å². The Morgan fingerprint density at radius 1 is 1.15 bits per heavy atom. The summed E-state index contributed by atoms with van der Waals surface area (Å²) in [6, 6.07) is 17.6. The van der Waals surface area contributed by atoms with Gasteiger partial charge in [-0.2, -0.15) is 0 Å². The molecule has 27 heavy (non-hydrogen) atoms. The molecule has 1 heterocycles. The van der Waals surface area contributed by atoms with E-state index in [0.717, 1.165) is 22.8 Å². The number of amides is 1. The Kier molecular flexibility index (Phi) is 6.60. The summed E-state index contributed by atoms with van der Waals surface area (Å²) in [4.78, 5) is 13.7. The van der Waals surface area contributed by atoms with Crippen LogP contribution in [0.1, 0.15) is 34.2 Å². The normalized spacial score (nSPS) is 10.6. The lowest BCUT2D eigenvalue weighted by atomic mass is 10.1. The van der Waals surface area contributed by atoms with Crippen LogP contribution in [0.2, 0.25) is 0 Å². The van der Waals surface area contributed by atoms with Crippen molar-refractivity contribution in [2.45, 2.75) is 31.0 Å². The Morgan fingerprint density at radius 2 is 1.96 bits per heavy atom. The predicted molar refractivity (Wildman–Crippen MR) is 108 cm³/mol. The van der Waals surface area contributed by atoms with Gasteiger partial charge in [0, 0.05) is 21.8 Å². The quantitative estimate of drug-likeness (QED) is 0.544. The molecule has 0 radical (unpaired) electrons. The highest BCUT2D eigenvalue weighted by Gasteiger charge is 2.11. The van der Waals surface area contributed by atoms with Gasteiger partial charge in [0.2, 0.25) is 0 Å². The van der Waals surface area contributed by atoms with Gasteiger partial charge in [-0.05, 0) is 56.3 Å². The minimum Gasteiger partial charge on any atom is -0.494 e. The van der Waals surface area contributed by atoms with Gasteiger partial charge in [0.05, 0.1) is 19.4 Å². The molecule has 1 amide bonds. The van der Waals surface area contributed by atoms with Crippen molar-refractivity contribution in [3.8, 4) is 5.75 Å². The van der Waals surface area contributed by atoms with E-state index >= 15 is 0 Å². The summed E-state index contributed by atoms with van der Waals surface area (Å²) in [5, 5.41) is 2.88. The van der Waals surface area contributed by atoms with E-state index in [1.165, 1.54) is 10.5 Å². The van der Waals surface area contributed by atoms with E-state index in [9.17, 15) is 4.79 Å². The molecule has 4 nitrogen and oxygen atoms in total. The Hall–Kier alpha value is -2.66. The van der Waals surface area contributed by atoms with Crippen molar-refractivity contribution < 1.29 is 13.9 Å². The van der Waals surface area contributed by atoms with Crippen LogP contribution in [0.25, 0.3) is 0 Å². The Labute approximate surface area is 163 Å². The van der Waals surface area contributed by atoms with E-state index in [2.05, 4.69) is 36.5 Å². The average Bonchev–Trinajstić information content (AvgIpc) is 3.20. The Morgan fingerprint density at radius 3 is 2.67 bits per heavy atom. The lowest BCUT2D eigenvalue weighted by molar-refractivity contribution is 0.0948. The average molecular weight is 381 g/mol. The first-order valence-corrected chi connectivity index (χ1v) is 9.90. The number of thioether (sulfide) groups is 1. The molecule has 140 valence electrons. The van der Waals surface area contributed by atoms with Crippen molar-refractivity contribution in [2.75, 3.05) is 6.61 Å². The van der Waals surface area contributed by atoms with Crippen LogP contribution in [0.4, 0.5) is 0 Å². The van der Waals surface area contributed by atoms with Crippen LogP contribution in [-0.4, -0.2) is 12.5 Å². The van der Waals surface area contributed by atoms with Gasteiger partial charge in [0.1, 0.15) is 11.5 Å². The third-order valence-corrected chi connectivity index (χ3v) is 5.10. The number of carbonyl (C=O) groups is 1. The molecule has 0 saturated carbocycles. The monoisotopic (exact) mass is 381 g/mol. The van der Waals surface area contributed by atoms with Crippen LogP contribution in [0.5, 0.6) is 5.75 Å². The van der Waals surface area contributed by atoms with E-state index in [4.69, 9.17) is 9.15 Å². The maximum absolute atomic E-state index is 12.5. The Balaban J connectivity index is 1.71. The lowest BCUT2D eigenvalue weighted by Crippen LogP contribution is -2.22. The molecule has 0 saturated heterocycles. The molecule has 0 aliphatic rings. The zero-order valence-corrected chi connectivity index (χ0v) is 16.3. The number of nitrogens with one attached hydrogen (secondary N) is 1. The fourth-order valence-electron chi connectivity index (χ4n) is 2.61. The highest BCUT2D eigenvalue weighted by Crippen LogP contribution is 2.29. The summed E-state index contributed by atoms with van der Waals surface area (Å²) in [6.07, 6.45) is 1.60. The number of furan rings is 1. The van der Waals surface area contributed by atoms with E-state index in [1.54, 1.807) is 30.2 Å². The van der Waals surface area contributed by atoms with Crippen molar-refractivity contribution in [1.29, 1.82) is 0 Å². The molecule has 1 N–H and O–H groups in total. The molecule has 0 aliphatic carbocycles. The van der Waals surface area contributed by atoms with Crippen molar-refractivity contribution in [3.05, 3.63) is 83.3 Å². The fourth-order valence-corrected chi connectivity index (χ4v) is 3.48. The van der Waals surface area contributed by atoms with E-state index < -0.39 is 0 Å². The van der Waals surface area contributed by atoms with E-state index in [-0.39, 0.29) is 5.91 Å². The molecule has 1 aromatic heterocycles. The largest absolute Gasteiger partial charge is 0.494 e. The molecule has 3 aromatic rings. The van der Waals surface area contributed by atoms with Crippen LogP contribution in [-0.2, 0) is 12.3 Å². The zero-order valence-electron chi connectivity index (χ0n) is 15.5. The number of hydrogen-bond donors (Lipinski definition) is 1. The zero-order chi connectivity index (χ0) is 19.1. The van der Waals surface area contributed by atoms with E-state index in [0.29, 0.717) is 18.7 Å². The second-order valence-corrected chi connectivity index (χ2v) is 7.17. The first-order valence-electron chi connectivity index (χ1n) is 8.91. The SMILES string of the molecule is CCOc1ccc(C(=O)NCc2ccco2)cc1CSc1ccc(C)cc1. The molecule has 0 aliphatic heterocycles. The van der Waals surface area contributed by atoms with Gasteiger partial charge < -0.3 is 14.5 Å². The minimum atomic E-state index is -0.129. The maximum Gasteiger partial charge on any atom is 0.251 e. The van der Waals surface area contributed by atoms with Crippen molar-refractivity contribution in [1.82, 2.24) is 5.32 Å². The highest BCUT2D eigenvalue weighted by molar-refractivity contribution is 7.98. The Bertz CT molecular complexity index is 873. The fraction of sp³-hybridized carbons (Fsp3) is 0.227. The van der Waals surface area contributed by atoms with Crippen LogP contribution >= 0.6 is 11.8 Å². The molecule has 0 spiro atoms. The van der Waals surface area contributed by atoms with Crippen molar-refractivity contribution in [2.24, 2.45) is 0 Å². The molecule has 0 atom stereocenters. The summed E-state index contributed by atoms with van der Waals surface area (Å²) in [7, 11) is 0. The summed E-state index contributed by atoms with van der Waals surface area (Å²) >= 11 is 1.73. The minimum absolute atomic E-state index is 0.129. The van der Waals surface area contributed by atoms with Gasteiger partial charge in [-0.3, -0.25) is 4.79 Å². The van der Waals surface area contributed by atoms with Gasteiger partial charge in [-0.25, -0.2) is 0 Å². The highest BCUT2D eigenvalue weighted by atomic mass is 32.2. The number of benzene rings is 2. The topological polar surface area (TPSA) is 51.5 Å². The molecular weight excluding hydrogens is 358 g/mol. The summed E-state index contributed by atoms with van der Waals surface area (Å²) in [5.74, 6) is 2.15. The molecule has 5 heteroatoms. The second-order valence-electron chi connectivity index (χ2n) is 6.12. The predicted octanol–water partition coefficient (Wildman–Crippen LogP) is 5.21. The van der Waals surface area contributed by atoms with Crippen molar-refractivity contribution >= 4 is 17.7 Å². The third kappa shape index (κ3) is 5.41. The first-order chi connectivity index (χ1) is 13.2. The standard InChI is InChI=1S/C22H23NO3S/c1-3-25-21-11-8-17(22(24)23-14-19-5-4-12-26-19)13-18(21)15-27-20-9-6-16(2)7-10-20/h4-13H,3,14-15H2,1-2H3,(H,23,24). The van der Waals surface area contributed by atoms with Crippen LogP contribution < -0.4 is 10.1 Å². The summed E-state index contributed by atoms with van der Waals surface area (Å²) in [6.45, 7) is 4.99. The molecular formula is C22H23NO3S. The van der Waals surface area contributed by atoms with Crippen LogP contribution in [0, 0.1) is 6.92 Å². The number of hydrogen-bond acceptors (Lipinski definition) is 4. The molecule has 0 fully saturated rings. The third-order valence-electron chi connectivity index (χ3n) is 4.04. The molecule has 2 aromatic carbocycles. The maximum atomic E-state index is 12.5. The van der Waals surface area contributed by atoms with Gasteiger partial charge in [-0.1, -0.05) is 17.7 Å². The van der Waals surface area contributed by atoms with Crippen LogP contribution in [0.3, 0.4) is 0 Å². The number of aryl methyl sites for hydroxylation is 1. The van der Waals surface area contributed by atoms with Crippen LogP contribution in [0.15, 0.2) is 70.2 Å². The summed E-state index contributed by atoms with van der Waals surface area (Å²) < 4.78 is 11.0. The smallest absolute Gasteiger partial charge is 0.251 e. The van der Waals surface area contributed by atoms with Gasteiger partial charge in [0.25, 0.3) is 5.91 Å². The van der Waals surface area contributed by atoms with Gasteiger partial charge in [-0.15, -0.1) is 11.8 Å². The van der Waals surface area contributed by atoms with Gasteiger partial charge in [0.15, 0.2) is 0 Å². The molecule has 3 rings (SSSR count). The number of ether oxygens (including phenoxy) is 1. The second kappa shape index (κ2) is 9.33.